The summed E-state index contributed by atoms with van der Waals surface area (Å²) in [6.07, 6.45) is -1.13. The van der Waals surface area contributed by atoms with E-state index in [2.05, 4.69) is 10.0 Å². The second kappa shape index (κ2) is 9.94. The number of amides is 1. The lowest BCUT2D eigenvalue weighted by molar-refractivity contribution is -0.129. The molecule has 1 aliphatic rings. The molecule has 0 bridgehead atoms. The van der Waals surface area contributed by atoms with Crippen molar-refractivity contribution in [3.8, 4) is 11.5 Å². The number of nitrogens with two attached hydrogens (primary N) is 1. The van der Waals surface area contributed by atoms with Crippen molar-refractivity contribution in [2.24, 2.45) is 0 Å². The van der Waals surface area contributed by atoms with Gasteiger partial charge < -0.3 is 25.3 Å². The molecule has 3 aromatic rings. The van der Waals surface area contributed by atoms with Crippen molar-refractivity contribution < 1.29 is 32.2 Å². The highest BCUT2D eigenvalue weighted by Crippen LogP contribution is 2.32. The van der Waals surface area contributed by atoms with Crippen LogP contribution in [0.3, 0.4) is 0 Å². The predicted molar refractivity (Wildman–Crippen MR) is 127 cm³/mol. The number of hydrogen-bond acceptors (Lipinski definition) is 8. The first-order valence-electron chi connectivity index (χ1n) is 10.6. The molecule has 1 atom stereocenters. The maximum atomic E-state index is 12.8. The predicted octanol–water partition coefficient (Wildman–Crippen LogP) is 2.66. The van der Waals surface area contributed by atoms with Crippen LogP contribution in [0.1, 0.15) is 22.8 Å². The summed E-state index contributed by atoms with van der Waals surface area (Å²) in [4.78, 5) is 25.2. The molecule has 1 heterocycles. The molecule has 11 heteroatoms. The minimum Gasteiger partial charge on any atom is -0.454 e. The van der Waals surface area contributed by atoms with Crippen LogP contribution in [0.15, 0.2) is 71.6 Å². The first-order chi connectivity index (χ1) is 16.7. The smallest absolute Gasteiger partial charge is 0.341 e. The zero-order valence-electron chi connectivity index (χ0n) is 18.7. The molecule has 0 saturated carbocycles. The molecule has 0 radical (unpaired) electrons. The number of nitrogen functional groups attached to an aromatic ring is 1. The Balaban J connectivity index is 1.40. The number of nitrogens with one attached hydrogen (secondary N) is 2. The lowest BCUT2D eigenvalue weighted by Crippen LogP contribution is -2.35. The van der Waals surface area contributed by atoms with Gasteiger partial charge >= 0.3 is 5.97 Å². The second-order valence-electron chi connectivity index (χ2n) is 7.68. The number of sulfonamides is 1. The van der Waals surface area contributed by atoms with E-state index >= 15 is 0 Å². The van der Waals surface area contributed by atoms with Crippen molar-refractivity contribution in [1.82, 2.24) is 5.32 Å². The van der Waals surface area contributed by atoms with Gasteiger partial charge in [-0.15, -0.1) is 0 Å². The fourth-order valence-corrected chi connectivity index (χ4v) is 4.43. The zero-order valence-corrected chi connectivity index (χ0v) is 19.5. The minimum absolute atomic E-state index is 0.00731. The fraction of sp³-hybridized carbons (Fsp3) is 0.167. The van der Waals surface area contributed by atoms with Crippen LogP contribution in [-0.4, -0.2) is 33.2 Å². The Kier molecular flexibility index (Phi) is 6.78. The highest BCUT2D eigenvalue weighted by Gasteiger charge is 2.23. The lowest BCUT2D eigenvalue weighted by Gasteiger charge is -2.16. The van der Waals surface area contributed by atoms with Crippen molar-refractivity contribution in [3.63, 3.8) is 0 Å². The van der Waals surface area contributed by atoms with Crippen LogP contribution >= 0.6 is 0 Å². The van der Waals surface area contributed by atoms with Crippen LogP contribution in [0.5, 0.6) is 11.5 Å². The van der Waals surface area contributed by atoms with E-state index < -0.39 is 28.0 Å². The standard InChI is InChI=1S/C24H23N3O7S/c1-15(23(28)26-13-16-9-10-21-22(11-16)33-14-32-21)34-24(29)19-7-2-3-8-20(19)27-35(30,31)18-6-4-5-17(25)12-18/h2-12,15,27H,13-14,25H2,1H3,(H,26,28). The fourth-order valence-electron chi connectivity index (χ4n) is 3.30. The molecule has 1 aliphatic heterocycles. The van der Waals surface area contributed by atoms with Crippen molar-refractivity contribution in [3.05, 3.63) is 77.9 Å². The number of fused-ring (bicyclic) bond motifs is 1. The van der Waals surface area contributed by atoms with Crippen LogP contribution < -0.4 is 25.2 Å². The molecular formula is C24H23N3O7S. The largest absolute Gasteiger partial charge is 0.454 e. The van der Waals surface area contributed by atoms with Gasteiger partial charge in [0, 0.05) is 12.2 Å². The van der Waals surface area contributed by atoms with Gasteiger partial charge in [0.15, 0.2) is 17.6 Å². The molecule has 4 N–H and O–H groups in total. The van der Waals surface area contributed by atoms with Crippen LogP contribution in [0.2, 0.25) is 0 Å². The first kappa shape index (κ1) is 23.9. The number of hydrogen-bond donors (Lipinski definition) is 3. The average molecular weight is 498 g/mol. The van der Waals surface area contributed by atoms with Gasteiger partial charge in [-0.25, -0.2) is 13.2 Å². The number of rotatable bonds is 8. The van der Waals surface area contributed by atoms with Crippen LogP contribution in [0.4, 0.5) is 11.4 Å². The Labute approximate surface area is 202 Å². The Morgan fingerprint density at radius 1 is 1.03 bits per heavy atom. The van der Waals surface area contributed by atoms with Crippen molar-refractivity contribution in [2.75, 3.05) is 17.2 Å². The van der Waals surface area contributed by atoms with E-state index in [0.717, 1.165) is 5.56 Å². The van der Waals surface area contributed by atoms with E-state index in [1.165, 1.54) is 37.3 Å². The van der Waals surface area contributed by atoms with Crippen molar-refractivity contribution >= 4 is 33.3 Å². The quantitative estimate of drug-likeness (QED) is 0.318. The summed E-state index contributed by atoms with van der Waals surface area (Å²) in [7, 11) is -4.02. The molecule has 182 valence electrons. The summed E-state index contributed by atoms with van der Waals surface area (Å²) in [5.41, 5.74) is 6.70. The number of carbonyl (C=O) groups excluding carboxylic acids is 2. The van der Waals surface area contributed by atoms with Gasteiger partial charge in [-0.3, -0.25) is 9.52 Å². The number of para-hydroxylation sites is 1. The maximum absolute atomic E-state index is 12.8. The van der Waals surface area contributed by atoms with E-state index in [9.17, 15) is 18.0 Å². The highest BCUT2D eigenvalue weighted by atomic mass is 32.2. The topological polar surface area (TPSA) is 146 Å². The van der Waals surface area contributed by atoms with E-state index in [4.69, 9.17) is 19.9 Å². The lowest BCUT2D eigenvalue weighted by atomic mass is 10.2. The third-order valence-corrected chi connectivity index (χ3v) is 6.48. The highest BCUT2D eigenvalue weighted by molar-refractivity contribution is 7.92. The number of ether oxygens (including phenoxy) is 3. The number of carbonyl (C=O) groups is 2. The Morgan fingerprint density at radius 3 is 2.60 bits per heavy atom. The van der Waals surface area contributed by atoms with Gasteiger partial charge in [-0.05, 0) is 55.0 Å². The monoisotopic (exact) mass is 497 g/mol. The summed E-state index contributed by atoms with van der Waals surface area (Å²) in [6.45, 7) is 1.76. The van der Waals surface area contributed by atoms with Gasteiger partial charge in [0.25, 0.3) is 15.9 Å². The molecule has 35 heavy (non-hydrogen) atoms. The van der Waals surface area contributed by atoms with Gasteiger partial charge in [-0.1, -0.05) is 24.3 Å². The molecule has 1 amide bonds. The van der Waals surface area contributed by atoms with Gasteiger partial charge in [0.2, 0.25) is 6.79 Å². The Hall–Kier alpha value is -4.25. The molecule has 0 spiro atoms. The van der Waals surface area contributed by atoms with E-state index in [1.54, 1.807) is 36.4 Å². The van der Waals surface area contributed by atoms with E-state index in [-0.39, 0.29) is 35.2 Å². The number of anilines is 2. The average Bonchev–Trinajstić information content (AvgIpc) is 3.30. The maximum Gasteiger partial charge on any atom is 0.341 e. The van der Waals surface area contributed by atoms with Crippen molar-refractivity contribution in [2.45, 2.75) is 24.5 Å². The summed E-state index contributed by atoms with van der Waals surface area (Å²) < 4.78 is 43.7. The van der Waals surface area contributed by atoms with E-state index in [1.807, 2.05) is 0 Å². The third kappa shape index (κ3) is 5.64. The number of esters is 1. The van der Waals surface area contributed by atoms with Gasteiger partial charge in [0.05, 0.1) is 16.1 Å². The molecule has 4 rings (SSSR count). The van der Waals surface area contributed by atoms with Crippen LogP contribution in [-0.2, 0) is 26.1 Å². The van der Waals surface area contributed by atoms with E-state index in [0.29, 0.717) is 11.5 Å². The summed E-state index contributed by atoms with van der Waals surface area (Å²) in [5.74, 6) is -0.156. The molecule has 0 fully saturated rings. The molecule has 0 aromatic heterocycles. The summed E-state index contributed by atoms with van der Waals surface area (Å²) in [6, 6.07) is 17.0. The molecule has 3 aromatic carbocycles. The Morgan fingerprint density at radius 2 is 1.80 bits per heavy atom. The van der Waals surface area contributed by atoms with Crippen molar-refractivity contribution in [1.29, 1.82) is 0 Å². The Bertz CT molecular complexity index is 1380. The zero-order chi connectivity index (χ0) is 25.0. The second-order valence-corrected chi connectivity index (χ2v) is 9.36. The number of benzene rings is 3. The molecular weight excluding hydrogens is 474 g/mol. The van der Waals surface area contributed by atoms with Gasteiger partial charge in [-0.2, -0.15) is 0 Å². The summed E-state index contributed by atoms with van der Waals surface area (Å²) in [5, 5.41) is 2.69. The normalized spacial score (nSPS) is 13.1. The SMILES string of the molecule is CC(OC(=O)c1ccccc1NS(=O)(=O)c1cccc(N)c1)C(=O)NCc1ccc2c(c1)OCO2. The first-order valence-corrected chi connectivity index (χ1v) is 12.1. The van der Waals surface area contributed by atoms with Gasteiger partial charge in [0.1, 0.15) is 0 Å². The molecule has 0 aliphatic carbocycles. The molecule has 0 saturated heterocycles. The molecule has 1 unspecified atom stereocenters. The molecule has 10 nitrogen and oxygen atoms in total. The summed E-state index contributed by atoms with van der Waals surface area (Å²) >= 11 is 0. The third-order valence-electron chi connectivity index (χ3n) is 5.12. The minimum atomic E-state index is -4.02. The van der Waals surface area contributed by atoms with Crippen LogP contribution in [0, 0.1) is 0 Å². The van der Waals surface area contributed by atoms with Crippen LogP contribution in [0.25, 0.3) is 0 Å².